The van der Waals surface area contributed by atoms with Crippen LogP contribution in [0.3, 0.4) is 0 Å². The Balaban J connectivity index is 6.83. The van der Waals surface area contributed by atoms with Crippen LogP contribution in [0.2, 0.25) is 0 Å². The Labute approximate surface area is 406 Å². The number of aldehydes is 1. The average Bonchev–Trinajstić information content (AvgIpc) is 3.26. The van der Waals surface area contributed by atoms with Crippen molar-refractivity contribution in [3.8, 4) is 0 Å². The molecule has 69 heavy (non-hydrogen) atoms. The van der Waals surface area contributed by atoms with Gasteiger partial charge in [0.1, 0.15) is 42.5 Å². The Morgan fingerprint density at radius 1 is 0.551 bits per heavy atom. The molecule has 0 bridgehead atoms. The third kappa shape index (κ3) is 26.0. The zero-order chi connectivity index (χ0) is 53.0. The number of unbranched alkanes of at least 4 members (excludes halogenated alkanes) is 2. The second-order valence-corrected chi connectivity index (χ2v) is 18.6. The van der Waals surface area contributed by atoms with Crippen LogP contribution in [0.15, 0.2) is 0 Å². The van der Waals surface area contributed by atoms with Crippen LogP contribution < -0.4 is 59.7 Å². The molecule has 15 N–H and O–H groups in total. The molecule has 0 aliphatic heterocycles. The number of hydrogen-bond donors (Lipinski definition) is 12. The number of carbonyl (C=O) groups excluding carboxylic acids is 10. The zero-order valence-corrected chi connectivity index (χ0v) is 42.1. The molecule has 9 amide bonds. The van der Waals surface area contributed by atoms with E-state index in [9.17, 15) is 57.8 Å². The summed E-state index contributed by atoms with van der Waals surface area (Å²) in [6.45, 7) is 16.1. The van der Waals surface area contributed by atoms with Gasteiger partial charge in [-0.05, 0) is 81.6 Å². The van der Waals surface area contributed by atoms with Crippen molar-refractivity contribution in [2.45, 2.75) is 188 Å². The topological polar surface area (TPSA) is 382 Å². The lowest BCUT2D eigenvalue weighted by molar-refractivity contribution is -0.141. The molecule has 394 valence electrons. The van der Waals surface area contributed by atoms with Crippen molar-refractivity contribution in [2.24, 2.45) is 40.9 Å². The summed E-state index contributed by atoms with van der Waals surface area (Å²) in [5, 5.41) is 30.1. The number of primary amides is 1. The van der Waals surface area contributed by atoms with E-state index < -0.39 is 120 Å². The van der Waals surface area contributed by atoms with E-state index >= 15 is 0 Å². The van der Waals surface area contributed by atoms with Gasteiger partial charge in [0.2, 0.25) is 53.2 Å². The first kappa shape index (κ1) is 63.3. The van der Waals surface area contributed by atoms with Gasteiger partial charge in [0.05, 0.1) is 24.9 Å². The monoisotopic (exact) mass is 982 g/mol. The summed E-state index contributed by atoms with van der Waals surface area (Å²) in [6.07, 6.45) is 1.57. The molecule has 0 radical (unpaired) electrons. The fraction of sp³-hybridized carbons (Fsp3) is 0.761. The SMILES string of the molecule is CC[C@H](C)[C@H](N)C(=O)N[C@H](C(=O)N[C@@H](CC(N)=O)C(=O)N[C@@H](CCCCNC(C)=O)C(=O)N[C@@H](CCCCN)C(=O)N[C@@H](CC(C)C)C(=O)N[C@@H](CC(=O)O)C(=O)N[C@H](C=O)CC(C)C)[C@@H](C)CC. The van der Waals surface area contributed by atoms with Gasteiger partial charge >= 0.3 is 5.97 Å². The lowest BCUT2D eigenvalue weighted by Gasteiger charge is -2.29. The first-order valence-electron chi connectivity index (χ1n) is 24.1. The molecule has 0 heterocycles. The quantitative estimate of drug-likeness (QED) is 0.0261. The number of nitrogens with one attached hydrogen (secondary N) is 8. The smallest absolute Gasteiger partial charge is 0.305 e. The lowest BCUT2D eigenvalue weighted by Crippen LogP contribution is -2.61. The second kappa shape index (κ2) is 33.7. The molecule has 0 aromatic rings. The molecule has 0 aromatic heterocycles. The van der Waals surface area contributed by atoms with E-state index in [1.807, 2.05) is 20.8 Å². The molecule has 0 spiro atoms. The number of aliphatic carboxylic acids is 1. The molecule has 0 unspecified atom stereocenters. The van der Waals surface area contributed by atoms with Crippen molar-refractivity contribution >= 4 is 65.4 Å². The zero-order valence-electron chi connectivity index (χ0n) is 42.1. The fourth-order valence-corrected chi connectivity index (χ4v) is 7.02. The minimum Gasteiger partial charge on any atom is -0.481 e. The van der Waals surface area contributed by atoms with Gasteiger partial charge in [0, 0.05) is 13.5 Å². The molecule has 0 saturated carbocycles. The minimum atomic E-state index is -1.62. The number of rotatable bonds is 36. The van der Waals surface area contributed by atoms with E-state index in [0.717, 1.165) is 0 Å². The molecule has 0 fully saturated rings. The molecular weight excluding hydrogens is 899 g/mol. The van der Waals surface area contributed by atoms with Crippen LogP contribution in [0.25, 0.3) is 0 Å². The van der Waals surface area contributed by atoms with Crippen LogP contribution in [-0.4, -0.2) is 132 Å². The Bertz CT molecular complexity index is 1710. The van der Waals surface area contributed by atoms with Gasteiger partial charge in [-0.25, -0.2) is 0 Å². The molecule has 0 rings (SSSR count). The third-order valence-electron chi connectivity index (χ3n) is 11.5. The molecule has 10 atom stereocenters. The predicted molar refractivity (Wildman–Crippen MR) is 257 cm³/mol. The Hall–Kier alpha value is -5.71. The molecule has 0 aliphatic carbocycles. The Kier molecular flexibility index (Phi) is 30.9. The van der Waals surface area contributed by atoms with Gasteiger partial charge in [0.15, 0.2) is 0 Å². The molecule has 0 aromatic carbocycles. The maximum absolute atomic E-state index is 14.2. The summed E-state index contributed by atoms with van der Waals surface area (Å²) in [7, 11) is 0. The van der Waals surface area contributed by atoms with Crippen LogP contribution in [0.5, 0.6) is 0 Å². The van der Waals surface area contributed by atoms with E-state index in [-0.39, 0.29) is 68.9 Å². The number of carboxylic acids is 1. The summed E-state index contributed by atoms with van der Waals surface area (Å²) < 4.78 is 0. The summed E-state index contributed by atoms with van der Waals surface area (Å²) >= 11 is 0. The highest BCUT2D eigenvalue weighted by molar-refractivity contribution is 5.99. The maximum atomic E-state index is 14.2. The Morgan fingerprint density at radius 2 is 1.00 bits per heavy atom. The standard InChI is InChI=1S/C46H83N11O12/c1-10-27(7)38(49)45(68)57-39(28(8)11-2)46(69)56-34(22-36(48)60)44(67)53-32(17-13-15-19-50-29(9)59)40(63)52-31(16-12-14-18-47)41(64)54-33(21-26(5)6)43(66)55-35(23-37(61)62)42(65)51-30(24-58)20-25(3)4/h24-28,30-35,38-39H,10-23,47,49H2,1-9H3,(H2,48,60)(H,50,59)(H,51,65)(H,52,63)(H,53,67)(H,54,64)(H,55,66)(H,56,69)(H,57,68)(H,61,62)/t27-,28-,30-,31-,32-,33-,34-,35-,38-,39-/m0/s1. The van der Waals surface area contributed by atoms with Crippen LogP contribution in [0.4, 0.5) is 0 Å². The van der Waals surface area contributed by atoms with E-state index in [1.165, 1.54) is 6.92 Å². The minimum absolute atomic E-state index is 0.00105. The highest BCUT2D eigenvalue weighted by Crippen LogP contribution is 2.14. The van der Waals surface area contributed by atoms with Crippen molar-refractivity contribution in [1.29, 1.82) is 0 Å². The van der Waals surface area contributed by atoms with Crippen LogP contribution >= 0.6 is 0 Å². The van der Waals surface area contributed by atoms with Crippen molar-refractivity contribution < 1.29 is 57.8 Å². The van der Waals surface area contributed by atoms with E-state index in [4.69, 9.17) is 17.2 Å². The molecular formula is C46H83N11O12. The van der Waals surface area contributed by atoms with E-state index in [2.05, 4.69) is 42.5 Å². The summed E-state index contributed by atoms with van der Waals surface area (Å²) in [4.78, 5) is 143. The first-order valence-corrected chi connectivity index (χ1v) is 24.1. The number of hydrogen-bond acceptors (Lipinski definition) is 13. The van der Waals surface area contributed by atoms with Crippen LogP contribution in [0, 0.1) is 23.7 Å². The van der Waals surface area contributed by atoms with Crippen molar-refractivity contribution in [3.05, 3.63) is 0 Å². The van der Waals surface area contributed by atoms with Gasteiger partial charge < -0.3 is 69.6 Å². The van der Waals surface area contributed by atoms with Crippen molar-refractivity contribution in [3.63, 3.8) is 0 Å². The molecule has 0 aliphatic rings. The first-order chi connectivity index (χ1) is 32.3. The largest absolute Gasteiger partial charge is 0.481 e. The van der Waals surface area contributed by atoms with Gasteiger partial charge in [0.25, 0.3) is 0 Å². The molecule has 23 heteroatoms. The van der Waals surface area contributed by atoms with Crippen molar-refractivity contribution in [1.82, 2.24) is 42.5 Å². The fourth-order valence-electron chi connectivity index (χ4n) is 7.02. The van der Waals surface area contributed by atoms with Gasteiger partial charge in [-0.15, -0.1) is 0 Å². The van der Waals surface area contributed by atoms with E-state index in [1.54, 1.807) is 34.6 Å². The molecule has 23 nitrogen and oxygen atoms in total. The number of carbonyl (C=O) groups is 11. The highest BCUT2D eigenvalue weighted by atomic mass is 16.4. The maximum Gasteiger partial charge on any atom is 0.305 e. The predicted octanol–water partition coefficient (Wildman–Crippen LogP) is -1.12. The number of carboxylic acid groups (broad SMARTS) is 1. The summed E-state index contributed by atoms with van der Waals surface area (Å²) in [6, 6.07) is -10.4. The van der Waals surface area contributed by atoms with Crippen LogP contribution in [0.1, 0.15) is 139 Å². The third-order valence-corrected chi connectivity index (χ3v) is 11.5. The second-order valence-electron chi connectivity index (χ2n) is 18.6. The van der Waals surface area contributed by atoms with Gasteiger partial charge in [-0.1, -0.05) is 68.2 Å². The number of amides is 9. The summed E-state index contributed by atoms with van der Waals surface area (Å²) in [5.74, 6) is -9.49. The normalized spacial score (nSPS) is 15.6. The lowest BCUT2D eigenvalue weighted by atomic mass is 9.95. The highest BCUT2D eigenvalue weighted by Gasteiger charge is 2.36. The van der Waals surface area contributed by atoms with Crippen LogP contribution in [-0.2, 0) is 52.7 Å². The Morgan fingerprint density at radius 3 is 1.46 bits per heavy atom. The average molecular weight is 982 g/mol. The summed E-state index contributed by atoms with van der Waals surface area (Å²) in [5.41, 5.74) is 17.4. The van der Waals surface area contributed by atoms with Gasteiger partial charge in [-0.3, -0.25) is 47.9 Å². The van der Waals surface area contributed by atoms with E-state index in [0.29, 0.717) is 38.4 Å². The molecule has 0 saturated heterocycles. The van der Waals surface area contributed by atoms with Gasteiger partial charge in [-0.2, -0.15) is 0 Å². The van der Waals surface area contributed by atoms with Crippen molar-refractivity contribution in [2.75, 3.05) is 13.1 Å². The number of nitrogens with two attached hydrogens (primary N) is 3.